The molecule has 0 aliphatic heterocycles. The van der Waals surface area contributed by atoms with Crippen LogP contribution in [0.3, 0.4) is 0 Å². The third-order valence-corrected chi connectivity index (χ3v) is 9.38. The van der Waals surface area contributed by atoms with Crippen LogP contribution in [0.4, 0.5) is 0 Å². The van der Waals surface area contributed by atoms with Crippen LogP contribution in [0.2, 0.25) is 0 Å². The molecule has 2 fully saturated rings. The van der Waals surface area contributed by atoms with E-state index in [4.69, 9.17) is 0 Å². The van der Waals surface area contributed by atoms with E-state index in [9.17, 15) is 0 Å². The van der Waals surface area contributed by atoms with Gasteiger partial charge >= 0.3 is 20.1 Å². The Labute approximate surface area is 240 Å². The predicted octanol–water partition coefficient (Wildman–Crippen LogP) is 10.1. The van der Waals surface area contributed by atoms with Crippen molar-refractivity contribution in [3.8, 4) is 0 Å². The molecule has 0 aromatic heterocycles. The summed E-state index contributed by atoms with van der Waals surface area (Å²) in [7, 11) is 0.403. The summed E-state index contributed by atoms with van der Waals surface area (Å²) in [5.41, 5.74) is 3.67. The summed E-state index contributed by atoms with van der Waals surface area (Å²) >= 11 is 0. The Kier molecular flexibility index (Phi) is 64.8. The van der Waals surface area contributed by atoms with E-state index in [0.717, 1.165) is 0 Å². The minimum atomic E-state index is 0. The zero-order valence-electron chi connectivity index (χ0n) is 23.6. The fourth-order valence-electron chi connectivity index (χ4n) is 4.28. The summed E-state index contributed by atoms with van der Waals surface area (Å²) < 4.78 is 0. The molecule has 2 aliphatic rings. The molecule has 2 saturated carbocycles. The summed E-state index contributed by atoms with van der Waals surface area (Å²) in [6, 6.07) is 10.3. The molecule has 0 amide bonds. The van der Waals surface area contributed by atoms with Crippen molar-refractivity contribution in [3.63, 3.8) is 0 Å². The maximum absolute atomic E-state index is 2.40. The van der Waals surface area contributed by atoms with E-state index in [2.05, 4.69) is 26.0 Å². The van der Waals surface area contributed by atoms with Crippen LogP contribution in [0.25, 0.3) is 0 Å². The predicted molar refractivity (Wildman–Crippen MR) is 182 cm³/mol. The van der Waals surface area contributed by atoms with Gasteiger partial charge in [-0.05, 0) is 50.1 Å². The van der Waals surface area contributed by atoms with Gasteiger partial charge in [-0.15, -0.1) is 7.92 Å². The normalized spacial score (nSPS) is 14.2. The summed E-state index contributed by atoms with van der Waals surface area (Å²) in [5.74, 6) is 0. The Hall–Kier alpha value is 2.02. The minimum Gasteiger partial charge on any atom is -0.358 e. The molecule has 4 atom stereocenters. The molecule has 0 heterocycles. The average molecular weight is 736 g/mol. The van der Waals surface area contributed by atoms with E-state index in [-0.39, 0.29) is 82.0 Å². The number of aryl methyl sites for hydroxylation is 1. The van der Waals surface area contributed by atoms with Gasteiger partial charge in [0, 0.05) is 0 Å². The van der Waals surface area contributed by atoms with Crippen LogP contribution in [0, 0.1) is 29.2 Å². The standard InChI is InChI=1S/C15H29P.C7H8.C2H6.3CH3.Ir.4H3P/c1-2-13-16(14-9-5-3-6-10-14)15-11-7-4-8-12-15;1-7-5-3-2-4-6-7;1-2;;;;;;;;/h14-15H,2-13H2,1H3;2-6H,1H3;1-2H3;3*1H3;;4*1H3/q;;;3*-1;+3;;;;. The summed E-state index contributed by atoms with van der Waals surface area (Å²) in [6.07, 6.45) is 18.6. The molecule has 0 saturated heterocycles. The Bertz CT molecular complexity index is 390. The molecule has 2 aliphatic carbocycles. The van der Waals surface area contributed by atoms with E-state index in [1.165, 1.54) is 36.1 Å². The Morgan fingerprint density at radius 2 is 1.00 bits per heavy atom. The first kappa shape index (κ1) is 55.5. The van der Waals surface area contributed by atoms with Crippen LogP contribution in [-0.2, 0) is 20.1 Å². The third kappa shape index (κ3) is 25.5. The van der Waals surface area contributed by atoms with Gasteiger partial charge < -0.3 is 22.3 Å². The molecule has 0 N–H and O–H groups in total. The SMILES string of the molecule is CC.CCCP(C1CCCCC1)C1CCCCC1.Cc1ccccc1.P.P.P.P.[CH3-].[CH3-].[CH3-].[Ir+3]. The molecule has 0 radical (unpaired) electrons. The van der Waals surface area contributed by atoms with Gasteiger partial charge in [0.05, 0.1) is 0 Å². The summed E-state index contributed by atoms with van der Waals surface area (Å²) in [5, 5.41) is 0. The van der Waals surface area contributed by atoms with Crippen molar-refractivity contribution in [1.82, 2.24) is 0 Å². The van der Waals surface area contributed by atoms with Crippen molar-refractivity contribution in [2.75, 3.05) is 6.16 Å². The first-order valence-corrected chi connectivity index (χ1v) is 12.7. The Morgan fingerprint density at radius 3 is 1.24 bits per heavy atom. The van der Waals surface area contributed by atoms with Crippen LogP contribution >= 0.6 is 47.5 Å². The summed E-state index contributed by atoms with van der Waals surface area (Å²) in [4.78, 5) is 0. The van der Waals surface area contributed by atoms with Gasteiger partial charge in [0.2, 0.25) is 0 Å². The van der Waals surface area contributed by atoms with Gasteiger partial charge in [-0.2, -0.15) is 39.6 Å². The maximum Gasteiger partial charge on any atom is 3.00 e. The maximum atomic E-state index is 2.40. The quantitative estimate of drug-likeness (QED) is 0.213. The number of hydrogen-bond acceptors (Lipinski definition) is 0. The third-order valence-electron chi connectivity index (χ3n) is 5.51. The molecule has 1 aromatic rings. The molecule has 206 valence electrons. The topological polar surface area (TPSA) is 0 Å². The second kappa shape index (κ2) is 38.5. The Morgan fingerprint density at radius 1 is 0.667 bits per heavy atom. The van der Waals surface area contributed by atoms with Gasteiger partial charge in [-0.3, -0.25) is 0 Å². The molecule has 33 heavy (non-hydrogen) atoms. The molecule has 3 rings (SSSR count). The second-order valence-corrected chi connectivity index (χ2v) is 10.4. The van der Waals surface area contributed by atoms with Crippen LogP contribution in [0.5, 0.6) is 0 Å². The van der Waals surface area contributed by atoms with E-state index < -0.39 is 0 Å². The van der Waals surface area contributed by atoms with Gasteiger partial charge in [-0.25, -0.2) is 0 Å². The fraction of sp³-hybridized carbons (Fsp3) is 0.667. The van der Waals surface area contributed by atoms with E-state index in [0.29, 0.717) is 7.92 Å². The molecule has 0 nitrogen and oxygen atoms in total. The molecular weight excluding hydrogens is 671 g/mol. The number of hydrogen-bond donors (Lipinski definition) is 0. The fourth-order valence-corrected chi connectivity index (χ4v) is 8.18. The molecule has 1 aromatic carbocycles. The van der Waals surface area contributed by atoms with E-state index in [1.54, 1.807) is 57.5 Å². The molecule has 0 bridgehead atoms. The van der Waals surface area contributed by atoms with Gasteiger partial charge in [0.1, 0.15) is 0 Å². The van der Waals surface area contributed by atoms with E-state index >= 15 is 0 Å². The van der Waals surface area contributed by atoms with Crippen molar-refractivity contribution in [3.05, 3.63) is 58.2 Å². The summed E-state index contributed by atoms with van der Waals surface area (Å²) in [6.45, 7) is 8.49. The minimum absolute atomic E-state index is 0. The smallest absolute Gasteiger partial charge is 0.358 e. The van der Waals surface area contributed by atoms with Gasteiger partial charge in [0.25, 0.3) is 0 Å². The largest absolute Gasteiger partial charge is 3.00 e. The van der Waals surface area contributed by atoms with Crippen LogP contribution in [0.15, 0.2) is 30.3 Å². The van der Waals surface area contributed by atoms with Crippen molar-refractivity contribution in [2.24, 2.45) is 0 Å². The Balaban J connectivity index is -0.0000000542. The van der Waals surface area contributed by atoms with Crippen LogP contribution < -0.4 is 0 Å². The zero-order chi connectivity index (χ0) is 18.3. The molecular formula is C27H64IrP5. The first-order chi connectivity index (χ1) is 12.3. The average Bonchev–Trinajstić information content (AvgIpc) is 2.70. The van der Waals surface area contributed by atoms with Crippen molar-refractivity contribution < 1.29 is 20.1 Å². The molecule has 4 unspecified atom stereocenters. The molecule has 0 spiro atoms. The monoisotopic (exact) mass is 736 g/mol. The van der Waals surface area contributed by atoms with Crippen LogP contribution in [-0.4, -0.2) is 17.5 Å². The van der Waals surface area contributed by atoms with Gasteiger partial charge in [-0.1, -0.05) is 102 Å². The molecule has 6 heteroatoms. The first-order valence-electron chi connectivity index (χ1n) is 11.1. The zero-order valence-corrected chi connectivity index (χ0v) is 32.6. The second-order valence-electron chi connectivity index (χ2n) is 7.48. The van der Waals surface area contributed by atoms with Crippen molar-refractivity contribution >= 4 is 47.5 Å². The van der Waals surface area contributed by atoms with E-state index in [1.807, 2.05) is 32.0 Å². The van der Waals surface area contributed by atoms with Crippen LogP contribution in [0.1, 0.15) is 97.0 Å². The van der Waals surface area contributed by atoms with Crippen molar-refractivity contribution in [2.45, 2.75) is 110 Å². The number of rotatable bonds is 4. The number of benzene rings is 1. The van der Waals surface area contributed by atoms with Gasteiger partial charge in [0.15, 0.2) is 0 Å². The van der Waals surface area contributed by atoms with Crippen molar-refractivity contribution in [1.29, 1.82) is 0 Å².